The molecule has 0 aromatic heterocycles. The molecule has 1 aliphatic heterocycles. The summed E-state index contributed by atoms with van der Waals surface area (Å²) in [5.74, 6) is -1.50. The Labute approximate surface area is 142 Å². The summed E-state index contributed by atoms with van der Waals surface area (Å²) >= 11 is 0. The molecule has 1 saturated heterocycles. The van der Waals surface area contributed by atoms with Gasteiger partial charge in [-0.2, -0.15) is 0 Å². The van der Waals surface area contributed by atoms with Crippen LogP contribution in [0.1, 0.15) is 53.4 Å². The van der Waals surface area contributed by atoms with Crippen molar-refractivity contribution in [3.8, 4) is 0 Å². The summed E-state index contributed by atoms with van der Waals surface area (Å²) in [6.45, 7) is 7.40. The van der Waals surface area contributed by atoms with Gasteiger partial charge in [-0.15, -0.1) is 0 Å². The van der Waals surface area contributed by atoms with E-state index in [4.69, 9.17) is 14.2 Å². The molecule has 1 heterocycles. The third kappa shape index (κ3) is 3.06. The second-order valence-electron chi connectivity index (χ2n) is 6.62. The van der Waals surface area contributed by atoms with Crippen LogP contribution in [0.5, 0.6) is 0 Å². The van der Waals surface area contributed by atoms with E-state index in [0.29, 0.717) is 12.8 Å². The molecule has 0 unspecified atom stereocenters. The first kappa shape index (κ1) is 18.5. The van der Waals surface area contributed by atoms with Crippen molar-refractivity contribution in [3.05, 3.63) is 11.6 Å². The summed E-state index contributed by atoms with van der Waals surface area (Å²) in [5, 5.41) is 0. The van der Waals surface area contributed by atoms with Crippen LogP contribution in [0.15, 0.2) is 11.6 Å². The monoisotopic (exact) mass is 338 g/mol. The van der Waals surface area contributed by atoms with Crippen molar-refractivity contribution < 1.29 is 28.6 Å². The van der Waals surface area contributed by atoms with Gasteiger partial charge in [-0.3, -0.25) is 14.4 Å². The Morgan fingerprint density at radius 1 is 1.25 bits per heavy atom. The lowest BCUT2D eigenvalue weighted by atomic mass is 9.59. The van der Waals surface area contributed by atoms with Gasteiger partial charge in [0.15, 0.2) is 5.41 Å². The molecular formula is C18H26O6. The number of hydrogen-bond donors (Lipinski definition) is 0. The highest BCUT2D eigenvalue weighted by atomic mass is 16.6. The lowest BCUT2D eigenvalue weighted by Crippen LogP contribution is -2.57. The second kappa shape index (κ2) is 6.95. The van der Waals surface area contributed by atoms with Crippen LogP contribution >= 0.6 is 0 Å². The van der Waals surface area contributed by atoms with Crippen LogP contribution < -0.4 is 0 Å². The van der Waals surface area contributed by atoms with Gasteiger partial charge >= 0.3 is 17.9 Å². The van der Waals surface area contributed by atoms with Crippen LogP contribution in [0, 0.1) is 11.3 Å². The van der Waals surface area contributed by atoms with Gasteiger partial charge in [0.05, 0.1) is 13.2 Å². The quantitative estimate of drug-likeness (QED) is 0.339. The Bertz CT molecular complexity index is 546. The number of rotatable bonds is 4. The molecule has 2 atom stereocenters. The summed E-state index contributed by atoms with van der Waals surface area (Å²) < 4.78 is 16.0. The van der Waals surface area contributed by atoms with Crippen LogP contribution in [0.25, 0.3) is 0 Å². The molecule has 24 heavy (non-hydrogen) atoms. The average Bonchev–Trinajstić information content (AvgIpc) is 2.52. The normalized spacial score (nSPS) is 30.2. The summed E-state index contributed by atoms with van der Waals surface area (Å²) in [6.07, 6.45) is 3.26. The predicted octanol–water partition coefficient (Wildman–Crippen LogP) is 2.55. The molecule has 1 saturated carbocycles. The van der Waals surface area contributed by atoms with E-state index in [1.807, 2.05) is 13.0 Å². The van der Waals surface area contributed by atoms with Crippen LogP contribution in [0.2, 0.25) is 0 Å². The first-order chi connectivity index (χ1) is 11.3. The Morgan fingerprint density at radius 3 is 2.33 bits per heavy atom. The molecule has 2 aliphatic rings. The van der Waals surface area contributed by atoms with E-state index in [9.17, 15) is 14.4 Å². The zero-order chi connectivity index (χ0) is 18.0. The lowest BCUT2D eigenvalue weighted by Gasteiger charge is -2.50. The van der Waals surface area contributed by atoms with Crippen LogP contribution in [0.4, 0.5) is 0 Å². The molecule has 0 aromatic carbocycles. The molecule has 0 radical (unpaired) electrons. The molecule has 2 rings (SSSR count). The van der Waals surface area contributed by atoms with Crippen LogP contribution in [-0.2, 0) is 28.6 Å². The molecule has 2 fully saturated rings. The molecule has 0 spiro atoms. The summed E-state index contributed by atoms with van der Waals surface area (Å²) in [6, 6.07) is 0. The Morgan fingerprint density at radius 2 is 1.83 bits per heavy atom. The summed E-state index contributed by atoms with van der Waals surface area (Å²) in [4.78, 5) is 37.3. The highest BCUT2D eigenvalue weighted by Gasteiger charge is 2.61. The maximum Gasteiger partial charge on any atom is 0.323 e. The van der Waals surface area contributed by atoms with Gasteiger partial charge < -0.3 is 14.2 Å². The number of esters is 3. The fraction of sp³-hybridized carbons (Fsp3) is 0.722. The smallest absolute Gasteiger partial charge is 0.323 e. The zero-order valence-electron chi connectivity index (χ0n) is 14.8. The molecule has 0 N–H and O–H groups in total. The minimum Gasteiger partial charge on any atom is -0.465 e. The van der Waals surface area contributed by atoms with E-state index >= 15 is 0 Å². The van der Waals surface area contributed by atoms with Crippen LogP contribution in [0.3, 0.4) is 0 Å². The van der Waals surface area contributed by atoms with E-state index < -0.39 is 23.0 Å². The molecule has 6 heteroatoms. The van der Waals surface area contributed by atoms with Gasteiger partial charge in [-0.25, -0.2) is 0 Å². The SMILES string of the molecule is C/C=C1/CC(C(=O)OCC)(C(=O)OCC)C[C@@]2(C)OC(=O)CC[C@H]12. The topological polar surface area (TPSA) is 78.9 Å². The third-order valence-electron chi connectivity index (χ3n) is 5.03. The van der Waals surface area contributed by atoms with Gasteiger partial charge in [0.25, 0.3) is 0 Å². The largest absolute Gasteiger partial charge is 0.465 e. The van der Waals surface area contributed by atoms with E-state index in [-0.39, 0.29) is 37.9 Å². The van der Waals surface area contributed by atoms with Crippen molar-refractivity contribution in [1.82, 2.24) is 0 Å². The summed E-state index contributed by atoms with van der Waals surface area (Å²) in [5.41, 5.74) is -1.43. The van der Waals surface area contributed by atoms with Gasteiger partial charge in [-0.1, -0.05) is 11.6 Å². The number of fused-ring (bicyclic) bond motifs is 1. The minimum absolute atomic E-state index is 0.0113. The van der Waals surface area contributed by atoms with Crippen molar-refractivity contribution in [2.75, 3.05) is 13.2 Å². The molecular weight excluding hydrogens is 312 g/mol. The second-order valence-corrected chi connectivity index (χ2v) is 6.62. The minimum atomic E-state index is -1.46. The standard InChI is InChI=1S/C18H26O6/c1-5-12-10-18(15(20)22-6-2,16(21)23-7-3)11-17(4)13(12)8-9-14(19)24-17/h5,13H,6-11H2,1-4H3/b12-5-/t13-,17-/m1/s1. The van der Waals surface area contributed by atoms with Crippen molar-refractivity contribution >= 4 is 17.9 Å². The number of hydrogen-bond acceptors (Lipinski definition) is 6. The van der Waals surface area contributed by atoms with Crippen LogP contribution in [-0.4, -0.2) is 36.7 Å². The fourth-order valence-electron chi connectivity index (χ4n) is 4.03. The number of allylic oxidation sites excluding steroid dienone is 1. The van der Waals surface area contributed by atoms with E-state index in [1.54, 1.807) is 20.8 Å². The van der Waals surface area contributed by atoms with E-state index in [2.05, 4.69) is 0 Å². The molecule has 0 amide bonds. The predicted molar refractivity (Wildman–Crippen MR) is 85.9 cm³/mol. The van der Waals surface area contributed by atoms with Crippen molar-refractivity contribution in [3.63, 3.8) is 0 Å². The number of carbonyl (C=O) groups excluding carboxylic acids is 3. The number of ether oxygens (including phenoxy) is 3. The lowest BCUT2D eigenvalue weighted by molar-refractivity contribution is -0.196. The molecule has 1 aliphatic carbocycles. The zero-order valence-corrected chi connectivity index (χ0v) is 14.8. The van der Waals surface area contributed by atoms with Crippen molar-refractivity contribution in [2.24, 2.45) is 11.3 Å². The summed E-state index contributed by atoms with van der Waals surface area (Å²) in [7, 11) is 0. The Balaban J connectivity index is 2.49. The maximum absolute atomic E-state index is 12.7. The highest BCUT2D eigenvalue weighted by molar-refractivity contribution is 6.01. The highest BCUT2D eigenvalue weighted by Crippen LogP contribution is 2.53. The number of carbonyl (C=O) groups is 3. The first-order valence-corrected chi connectivity index (χ1v) is 8.54. The van der Waals surface area contributed by atoms with Crippen molar-refractivity contribution in [2.45, 2.75) is 59.0 Å². The first-order valence-electron chi connectivity index (χ1n) is 8.54. The fourth-order valence-corrected chi connectivity index (χ4v) is 4.03. The van der Waals surface area contributed by atoms with Gasteiger partial charge in [0, 0.05) is 18.8 Å². The van der Waals surface area contributed by atoms with Gasteiger partial charge in [-0.05, 0) is 40.5 Å². The molecule has 0 aromatic rings. The third-order valence-corrected chi connectivity index (χ3v) is 5.03. The average molecular weight is 338 g/mol. The molecule has 6 nitrogen and oxygen atoms in total. The molecule has 134 valence electrons. The van der Waals surface area contributed by atoms with E-state index in [1.165, 1.54) is 0 Å². The maximum atomic E-state index is 12.7. The Hall–Kier alpha value is -1.85. The molecule has 0 bridgehead atoms. The van der Waals surface area contributed by atoms with Gasteiger partial charge in [0.2, 0.25) is 0 Å². The van der Waals surface area contributed by atoms with E-state index in [0.717, 1.165) is 5.57 Å². The van der Waals surface area contributed by atoms with Crippen molar-refractivity contribution in [1.29, 1.82) is 0 Å². The Kier molecular flexibility index (Phi) is 5.35. The van der Waals surface area contributed by atoms with Gasteiger partial charge in [0.1, 0.15) is 5.60 Å².